The van der Waals surface area contributed by atoms with Crippen molar-refractivity contribution in [2.75, 3.05) is 13.2 Å². The molecule has 0 aromatic carbocycles. The number of hydrogen-bond donors (Lipinski definition) is 1. The number of hydrogen-bond acceptors (Lipinski definition) is 6. The summed E-state index contributed by atoms with van der Waals surface area (Å²) in [6, 6.07) is 0. The SMILES string of the molecule is CCOC(=O)[C@@H]1C(=O)C[C@](C)(O)[C@H](C(=O)OCC)[C@H]1C. The number of ketones is 1. The molecule has 6 nitrogen and oxygen atoms in total. The number of aliphatic hydroxyl groups is 1. The van der Waals surface area contributed by atoms with Crippen molar-refractivity contribution in [2.45, 2.75) is 39.7 Å². The number of carbonyl (C=O) groups is 3. The summed E-state index contributed by atoms with van der Waals surface area (Å²) < 4.78 is 9.83. The Morgan fingerprint density at radius 1 is 1.25 bits per heavy atom. The van der Waals surface area contributed by atoms with Crippen molar-refractivity contribution in [1.29, 1.82) is 0 Å². The summed E-state index contributed by atoms with van der Waals surface area (Å²) in [7, 11) is 0. The van der Waals surface area contributed by atoms with Crippen molar-refractivity contribution in [2.24, 2.45) is 17.8 Å². The Kier molecular flexibility index (Phi) is 5.28. The minimum atomic E-state index is -1.51. The van der Waals surface area contributed by atoms with Crippen LogP contribution in [0.5, 0.6) is 0 Å². The van der Waals surface area contributed by atoms with Gasteiger partial charge in [-0.05, 0) is 26.7 Å². The largest absolute Gasteiger partial charge is 0.466 e. The normalized spacial score (nSPS) is 33.6. The van der Waals surface area contributed by atoms with Gasteiger partial charge in [0.2, 0.25) is 0 Å². The standard InChI is InChI=1S/C14H22O6/c1-5-19-12(16)10-8(3)11(13(17)20-6-2)14(4,18)7-9(10)15/h8,10-11,18H,5-7H2,1-4H3/t8-,10-,11-,14-/m0/s1. The van der Waals surface area contributed by atoms with Gasteiger partial charge in [0, 0.05) is 6.42 Å². The third-order valence-electron chi connectivity index (χ3n) is 3.68. The molecule has 0 heterocycles. The predicted molar refractivity (Wildman–Crippen MR) is 69.7 cm³/mol. The van der Waals surface area contributed by atoms with Gasteiger partial charge in [-0.1, -0.05) is 6.92 Å². The molecule has 0 unspecified atom stereocenters. The first-order valence-electron chi connectivity index (χ1n) is 6.84. The number of carbonyl (C=O) groups excluding carboxylic acids is 3. The summed E-state index contributed by atoms with van der Waals surface area (Å²) in [6.45, 7) is 6.66. The van der Waals surface area contributed by atoms with E-state index in [9.17, 15) is 19.5 Å². The molecule has 0 aromatic rings. The topological polar surface area (TPSA) is 89.9 Å². The summed E-state index contributed by atoms with van der Waals surface area (Å²) >= 11 is 0. The Balaban J connectivity index is 3.05. The minimum absolute atomic E-state index is 0.162. The smallest absolute Gasteiger partial charge is 0.316 e. The molecule has 1 fully saturated rings. The molecule has 1 aliphatic carbocycles. The third kappa shape index (κ3) is 3.17. The van der Waals surface area contributed by atoms with E-state index in [-0.39, 0.29) is 19.6 Å². The lowest BCUT2D eigenvalue weighted by atomic mass is 9.64. The van der Waals surface area contributed by atoms with E-state index >= 15 is 0 Å². The van der Waals surface area contributed by atoms with Crippen molar-refractivity contribution in [3.63, 3.8) is 0 Å². The van der Waals surface area contributed by atoms with Gasteiger partial charge in [-0.15, -0.1) is 0 Å². The third-order valence-corrected chi connectivity index (χ3v) is 3.68. The van der Waals surface area contributed by atoms with Crippen molar-refractivity contribution in [3.05, 3.63) is 0 Å². The molecule has 0 spiro atoms. The van der Waals surface area contributed by atoms with Crippen molar-refractivity contribution < 1.29 is 29.0 Å². The van der Waals surface area contributed by atoms with Crippen LogP contribution in [0.15, 0.2) is 0 Å². The van der Waals surface area contributed by atoms with Crippen LogP contribution in [0.25, 0.3) is 0 Å². The lowest BCUT2D eigenvalue weighted by molar-refractivity contribution is -0.176. The Morgan fingerprint density at radius 2 is 1.75 bits per heavy atom. The molecule has 4 atom stereocenters. The molecule has 0 aliphatic heterocycles. The summed E-state index contributed by atoms with van der Waals surface area (Å²) in [5, 5.41) is 10.3. The van der Waals surface area contributed by atoms with E-state index in [0.29, 0.717) is 0 Å². The van der Waals surface area contributed by atoms with E-state index in [1.54, 1.807) is 20.8 Å². The molecular weight excluding hydrogens is 264 g/mol. The minimum Gasteiger partial charge on any atom is -0.466 e. The fraction of sp³-hybridized carbons (Fsp3) is 0.786. The van der Waals surface area contributed by atoms with Crippen molar-refractivity contribution in [1.82, 2.24) is 0 Å². The fourth-order valence-electron chi connectivity index (χ4n) is 2.90. The molecule has 0 radical (unpaired) electrons. The fourth-order valence-corrected chi connectivity index (χ4v) is 2.90. The molecule has 6 heteroatoms. The molecule has 20 heavy (non-hydrogen) atoms. The van der Waals surface area contributed by atoms with Crippen LogP contribution in [0.3, 0.4) is 0 Å². The maximum atomic E-state index is 12.0. The van der Waals surface area contributed by atoms with Crippen LogP contribution in [0, 0.1) is 17.8 Å². The van der Waals surface area contributed by atoms with Crippen LogP contribution in [0.2, 0.25) is 0 Å². The Bertz CT molecular complexity index is 400. The van der Waals surface area contributed by atoms with Gasteiger partial charge in [-0.25, -0.2) is 0 Å². The highest BCUT2D eigenvalue weighted by Crippen LogP contribution is 2.40. The van der Waals surface area contributed by atoms with Crippen molar-refractivity contribution in [3.8, 4) is 0 Å². The van der Waals surface area contributed by atoms with E-state index < -0.39 is 41.1 Å². The summed E-state index contributed by atoms with van der Waals surface area (Å²) in [6.07, 6.45) is -0.260. The highest BCUT2D eigenvalue weighted by atomic mass is 16.5. The molecule has 1 aliphatic rings. The number of rotatable bonds is 4. The van der Waals surface area contributed by atoms with Gasteiger partial charge in [-0.2, -0.15) is 0 Å². The van der Waals surface area contributed by atoms with Crippen molar-refractivity contribution >= 4 is 17.7 Å². The van der Waals surface area contributed by atoms with E-state index in [2.05, 4.69) is 0 Å². The van der Waals surface area contributed by atoms with Gasteiger partial charge >= 0.3 is 11.9 Å². The molecule has 0 saturated heterocycles. The highest BCUT2D eigenvalue weighted by molar-refractivity contribution is 6.01. The van der Waals surface area contributed by atoms with Crippen LogP contribution >= 0.6 is 0 Å². The van der Waals surface area contributed by atoms with Gasteiger partial charge in [-0.3, -0.25) is 14.4 Å². The van der Waals surface area contributed by atoms with Crippen LogP contribution < -0.4 is 0 Å². The Labute approximate surface area is 118 Å². The summed E-state index contributed by atoms with van der Waals surface area (Å²) in [5.74, 6) is -4.24. The first-order valence-corrected chi connectivity index (χ1v) is 6.84. The molecule has 0 bridgehead atoms. The number of esters is 2. The monoisotopic (exact) mass is 286 g/mol. The van der Waals surface area contributed by atoms with Crippen LogP contribution in [0.4, 0.5) is 0 Å². The summed E-state index contributed by atoms with van der Waals surface area (Å²) in [4.78, 5) is 35.9. The highest BCUT2D eigenvalue weighted by Gasteiger charge is 2.54. The van der Waals surface area contributed by atoms with E-state index in [0.717, 1.165) is 0 Å². The molecule has 114 valence electrons. The van der Waals surface area contributed by atoms with E-state index in [1.807, 2.05) is 0 Å². The number of Topliss-reactive ketones (excluding diaryl/α,β-unsaturated/α-hetero) is 1. The molecule has 0 amide bonds. The second-order valence-corrected chi connectivity index (χ2v) is 5.32. The summed E-state index contributed by atoms with van der Waals surface area (Å²) in [5.41, 5.74) is -1.51. The Hall–Kier alpha value is -1.43. The quantitative estimate of drug-likeness (QED) is 0.604. The lowest BCUT2D eigenvalue weighted by Crippen LogP contribution is -2.55. The maximum Gasteiger partial charge on any atom is 0.316 e. The first kappa shape index (κ1) is 16.6. The zero-order chi connectivity index (χ0) is 15.5. The average Bonchev–Trinajstić information content (AvgIpc) is 2.27. The molecule has 0 aromatic heterocycles. The van der Waals surface area contributed by atoms with Crippen LogP contribution in [-0.2, 0) is 23.9 Å². The Morgan fingerprint density at radius 3 is 2.25 bits per heavy atom. The van der Waals surface area contributed by atoms with Gasteiger partial charge in [0.25, 0.3) is 0 Å². The average molecular weight is 286 g/mol. The molecule has 1 N–H and O–H groups in total. The zero-order valence-corrected chi connectivity index (χ0v) is 12.3. The second kappa shape index (κ2) is 6.35. The van der Waals surface area contributed by atoms with Gasteiger partial charge in [0.15, 0.2) is 0 Å². The van der Waals surface area contributed by atoms with Gasteiger partial charge < -0.3 is 14.6 Å². The molecular formula is C14H22O6. The lowest BCUT2D eigenvalue weighted by Gasteiger charge is -2.41. The van der Waals surface area contributed by atoms with Gasteiger partial charge in [0.1, 0.15) is 11.7 Å². The van der Waals surface area contributed by atoms with Crippen LogP contribution in [-0.4, -0.2) is 41.6 Å². The number of ether oxygens (including phenoxy) is 2. The van der Waals surface area contributed by atoms with Crippen LogP contribution in [0.1, 0.15) is 34.1 Å². The zero-order valence-electron chi connectivity index (χ0n) is 12.3. The van der Waals surface area contributed by atoms with E-state index in [4.69, 9.17) is 9.47 Å². The molecule has 1 rings (SSSR count). The first-order chi connectivity index (χ1) is 9.26. The maximum absolute atomic E-state index is 12.0. The predicted octanol–water partition coefficient (Wildman–Crippen LogP) is 0.705. The van der Waals surface area contributed by atoms with E-state index in [1.165, 1.54) is 6.92 Å². The second-order valence-electron chi connectivity index (χ2n) is 5.32. The molecule has 1 saturated carbocycles. The van der Waals surface area contributed by atoms with Gasteiger partial charge in [0.05, 0.1) is 24.7 Å².